The lowest BCUT2D eigenvalue weighted by Crippen LogP contribution is -2.38. The molecule has 1 saturated heterocycles. The molecule has 0 spiro atoms. The van der Waals surface area contributed by atoms with Crippen LogP contribution in [0.4, 0.5) is 10.1 Å². The highest BCUT2D eigenvalue weighted by molar-refractivity contribution is 6.07. The highest BCUT2D eigenvalue weighted by atomic mass is 19.1. The molecular formula is C24H23FN4O3. The molecule has 2 aromatic carbocycles. The number of pyridine rings is 1. The molecule has 4 aromatic rings. The number of nitrogens with two attached hydrogens (primary N) is 1. The summed E-state index contributed by atoms with van der Waals surface area (Å²) < 4.78 is 21.4. The predicted octanol–water partition coefficient (Wildman–Crippen LogP) is 3.61. The van der Waals surface area contributed by atoms with Gasteiger partial charge in [-0.05, 0) is 55.7 Å². The summed E-state index contributed by atoms with van der Waals surface area (Å²) in [6, 6.07) is 10.1. The highest BCUT2D eigenvalue weighted by Gasteiger charge is 2.30. The minimum Gasteiger partial charge on any atom is -0.440 e. The number of hydrogen-bond acceptors (Lipinski definition) is 5. The van der Waals surface area contributed by atoms with Gasteiger partial charge in [0, 0.05) is 31.4 Å². The van der Waals surface area contributed by atoms with Gasteiger partial charge < -0.3 is 19.6 Å². The molecule has 0 unspecified atom stereocenters. The van der Waals surface area contributed by atoms with E-state index in [0.717, 1.165) is 29.5 Å². The number of piperidine rings is 1. The summed E-state index contributed by atoms with van der Waals surface area (Å²) in [5.74, 6) is -0.446. The van der Waals surface area contributed by atoms with Crippen LogP contribution in [0.15, 0.2) is 45.6 Å². The van der Waals surface area contributed by atoms with Crippen LogP contribution >= 0.6 is 0 Å². The number of hydrogen-bond donors (Lipinski definition) is 1. The van der Waals surface area contributed by atoms with E-state index in [1.54, 1.807) is 13.1 Å². The lowest BCUT2D eigenvalue weighted by atomic mass is 9.95. The Morgan fingerprint density at radius 3 is 2.66 bits per heavy atom. The number of primary amides is 1. The van der Waals surface area contributed by atoms with Gasteiger partial charge in [0.05, 0.1) is 11.2 Å². The van der Waals surface area contributed by atoms with Gasteiger partial charge in [0.2, 0.25) is 0 Å². The zero-order chi connectivity index (χ0) is 22.6. The predicted molar refractivity (Wildman–Crippen MR) is 121 cm³/mol. The molecule has 0 aliphatic carbocycles. The molecule has 0 radical (unpaired) electrons. The maximum atomic E-state index is 14.1. The normalized spacial score (nSPS) is 15.0. The van der Waals surface area contributed by atoms with Gasteiger partial charge in [-0.25, -0.2) is 9.37 Å². The Morgan fingerprint density at radius 1 is 1.19 bits per heavy atom. The number of aryl methyl sites for hydroxylation is 2. The van der Waals surface area contributed by atoms with Crippen LogP contribution in [0.3, 0.4) is 0 Å². The molecule has 0 atom stereocenters. The molecule has 1 amide bonds. The summed E-state index contributed by atoms with van der Waals surface area (Å²) in [6.07, 6.45) is 1.44. The second kappa shape index (κ2) is 7.47. The van der Waals surface area contributed by atoms with Crippen LogP contribution in [-0.2, 0) is 7.05 Å². The minimum absolute atomic E-state index is 0.110. The summed E-state index contributed by atoms with van der Waals surface area (Å²) >= 11 is 0. The van der Waals surface area contributed by atoms with E-state index < -0.39 is 17.3 Å². The van der Waals surface area contributed by atoms with Gasteiger partial charge in [-0.1, -0.05) is 6.07 Å². The lowest BCUT2D eigenvalue weighted by Gasteiger charge is -2.34. The lowest BCUT2D eigenvalue weighted by molar-refractivity contribution is 0.0999. The van der Waals surface area contributed by atoms with Gasteiger partial charge in [-0.3, -0.25) is 9.59 Å². The van der Waals surface area contributed by atoms with Crippen LogP contribution in [0.5, 0.6) is 0 Å². The van der Waals surface area contributed by atoms with E-state index in [9.17, 15) is 14.0 Å². The molecule has 32 heavy (non-hydrogen) atoms. The minimum atomic E-state index is -0.816. The third-order valence-electron chi connectivity index (χ3n) is 6.30. The van der Waals surface area contributed by atoms with E-state index in [1.807, 2.05) is 30.0 Å². The van der Waals surface area contributed by atoms with Crippen LogP contribution in [0.25, 0.3) is 22.0 Å². The van der Waals surface area contributed by atoms with Gasteiger partial charge >= 0.3 is 0 Å². The number of anilines is 1. The maximum absolute atomic E-state index is 14.1. The number of amides is 1. The molecule has 164 valence electrons. The van der Waals surface area contributed by atoms with Crippen LogP contribution in [0.2, 0.25) is 0 Å². The van der Waals surface area contributed by atoms with Gasteiger partial charge in [-0.15, -0.1) is 0 Å². The molecule has 2 aromatic heterocycles. The zero-order valence-corrected chi connectivity index (χ0v) is 17.9. The number of nitrogens with zero attached hydrogens (tertiary/aromatic N) is 3. The summed E-state index contributed by atoms with van der Waals surface area (Å²) in [5.41, 5.74) is 8.68. The fourth-order valence-electron chi connectivity index (χ4n) is 4.63. The Bertz CT molecular complexity index is 1430. The van der Waals surface area contributed by atoms with Gasteiger partial charge in [0.1, 0.15) is 16.9 Å². The third kappa shape index (κ3) is 3.23. The van der Waals surface area contributed by atoms with Crippen molar-refractivity contribution in [3.05, 3.63) is 69.6 Å². The summed E-state index contributed by atoms with van der Waals surface area (Å²) in [6.45, 7) is 3.13. The number of benzene rings is 2. The average molecular weight is 434 g/mol. The molecule has 8 heteroatoms. The Balaban J connectivity index is 1.52. The van der Waals surface area contributed by atoms with Crippen molar-refractivity contribution in [2.45, 2.75) is 25.7 Å². The number of halogens is 1. The van der Waals surface area contributed by atoms with Crippen LogP contribution in [0.1, 0.15) is 40.6 Å². The molecule has 2 N–H and O–H groups in total. The van der Waals surface area contributed by atoms with Gasteiger partial charge in [0.15, 0.2) is 11.5 Å². The van der Waals surface area contributed by atoms with Crippen molar-refractivity contribution in [3.63, 3.8) is 0 Å². The van der Waals surface area contributed by atoms with Crippen molar-refractivity contribution in [3.8, 4) is 0 Å². The number of carbonyl (C=O) groups excluding carboxylic acids is 1. The summed E-state index contributed by atoms with van der Waals surface area (Å²) in [4.78, 5) is 31.8. The van der Waals surface area contributed by atoms with Crippen molar-refractivity contribution in [1.29, 1.82) is 0 Å². The van der Waals surface area contributed by atoms with Crippen LogP contribution in [0, 0.1) is 12.7 Å². The van der Waals surface area contributed by atoms with Crippen molar-refractivity contribution in [2.75, 3.05) is 18.0 Å². The largest absolute Gasteiger partial charge is 0.440 e. The van der Waals surface area contributed by atoms with E-state index in [0.29, 0.717) is 35.6 Å². The van der Waals surface area contributed by atoms with E-state index >= 15 is 0 Å². The average Bonchev–Trinajstić information content (AvgIpc) is 3.19. The molecule has 0 saturated carbocycles. The zero-order valence-electron chi connectivity index (χ0n) is 17.9. The number of aromatic nitrogens is 2. The standard InChI is InChI=1S/C24H23FN4O3/c1-13-3-6-19-17(11-13)27-23(32-19)14-7-9-29(10-8-14)21-16-12-15(25)4-5-18(16)28(2)24(31)20(21)22(26)30/h3-6,11-12,14H,7-10H2,1-2H3,(H2,26,30). The fraction of sp³-hybridized carbons (Fsp3) is 0.292. The molecule has 7 nitrogen and oxygen atoms in total. The van der Waals surface area contributed by atoms with E-state index in [4.69, 9.17) is 10.2 Å². The first-order valence-electron chi connectivity index (χ1n) is 10.6. The van der Waals surface area contributed by atoms with Crippen molar-refractivity contribution in [2.24, 2.45) is 12.8 Å². The number of carbonyl (C=O) groups is 1. The fourth-order valence-corrected chi connectivity index (χ4v) is 4.63. The number of rotatable bonds is 3. The molecular weight excluding hydrogens is 411 g/mol. The number of fused-ring (bicyclic) bond motifs is 2. The van der Waals surface area contributed by atoms with Crippen molar-refractivity contribution < 1.29 is 13.6 Å². The maximum Gasteiger partial charge on any atom is 0.265 e. The molecule has 1 fully saturated rings. The SMILES string of the molecule is Cc1ccc2oc(C3CCN(c4c(C(N)=O)c(=O)n(C)c5ccc(F)cc45)CC3)nc2c1. The Labute approximate surface area is 183 Å². The quantitative estimate of drug-likeness (QED) is 0.532. The third-order valence-corrected chi connectivity index (χ3v) is 6.30. The first-order chi connectivity index (χ1) is 15.3. The second-order valence-corrected chi connectivity index (χ2v) is 8.40. The van der Waals surface area contributed by atoms with E-state index in [2.05, 4.69) is 4.98 Å². The van der Waals surface area contributed by atoms with Crippen molar-refractivity contribution >= 4 is 33.6 Å². The summed E-state index contributed by atoms with van der Waals surface area (Å²) in [5, 5.41) is 0.497. The number of oxazole rings is 1. The molecule has 1 aliphatic rings. The first-order valence-corrected chi connectivity index (χ1v) is 10.6. The monoisotopic (exact) mass is 434 g/mol. The first kappa shape index (κ1) is 20.2. The van der Waals surface area contributed by atoms with Gasteiger partial charge in [0.25, 0.3) is 11.5 Å². The second-order valence-electron chi connectivity index (χ2n) is 8.40. The topological polar surface area (TPSA) is 94.4 Å². The molecule has 1 aliphatic heterocycles. The van der Waals surface area contributed by atoms with Crippen LogP contribution in [-0.4, -0.2) is 28.5 Å². The van der Waals surface area contributed by atoms with E-state index in [1.165, 1.54) is 16.7 Å². The highest BCUT2D eigenvalue weighted by Crippen LogP contribution is 2.36. The Morgan fingerprint density at radius 2 is 1.94 bits per heavy atom. The molecule has 5 rings (SSSR count). The molecule has 0 bridgehead atoms. The van der Waals surface area contributed by atoms with Crippen LogP contribution < -0.4 is 16.2 Å². The Kier molecular flexibility index (Phi) is 4.73. The smallest absolute Gasteiger partial charge is 0.265 e. The van der Waals surface area contributed by atoms with Gasteiger partial charge in [-0.2, -0.15) is 0 Å². The van der Waals surface area contributed by atoms with E-state index in [-0.39, 0.29) is 11.5 Å². The summed E-state index contributed by atoms with van der Waals surface area (Å²) in [7, 11) is 1.56. The Hall–Kier alpha value is -3.68. The van der Waals surface area contributed by atoms with Crippen molar-refractivity contribution in [1.82, 2.24) is 9.55 Å². The molecule has 3 heterocycles.